The minimum atomic E-state index is -0.157. The largest absolute Gasteiger partial charge is 0.493 e. The van der Waals surface area contributed by atoms with Gasteiger partial charge in [-0.25, -0.2) is 0 Å². The predicted molar refractivity (Wildman–Crippen MR) is 94.6 cm³/mol. The van der Waals surface area contributed by atoms with Gasteiger partial charge in [-0.05, 0) is 12.1 Å². The number of carbonyl (C=O) groups is 1. The molecule has 0 radical (unpaired) electrons. The summed E-state index contributed by atoms with van der Waals surface area (Å²) in [6.45, 7) is 4.01. The van der Waals surface area contributed by atoms with Crippen LogP contribution in [0.1, 0.15) is 5.56 Å². The first-order valence-electron chi connectivity index (χ1n) is 6.29. The van der Waals surface area contributed by atoms with Crippen LogP contribution >= 0.6 is 35.6 Å². The van der Waals surface area contributed by atoms with E-state index in [0.717, 1.165) is 0 Å². The van der Waals surface area contributed by atoms with Crippen LogP contribution in [0, 0.1) is 0 Å². The normalized spacial score (nSPS) is 16.3. The number of methoxy groups -OCH3 is 2. The molecule has 1 amide bonds. The summed E-state index contributed by atoms with van der Waals surface area (Å²) in [5.41, 5.74) is 0.658. The number of ether oxygens (including phenoxy) is 2. The molecule has 0 aromatic heterocycles. The third-order valence-electron chi connectivity index (χ3n) is 2.94. The lowest BCUT2D eigenvalue weighted by atomic mass is 10.1. The van der Waals surface area contributed by atoms with Crippen LogP contribution in [-0.4, -0.2) is 35.9 Å². The Morgan fingerprint density at radius 2 is 2.14 bits per heavy atom. The van der Waals surface area contributed by atoms with Crippen LogP contribution in [-0.2, 0) is 4.79 Å². The van der Waals surface area contributed by atoms with E-state index in [1.165, 1.54) is 30.9 Å². The molecule has 0 N–H and O–H groups in total. The molecule has 1 heterocycles. The van der Waals surface area contributed by atoms with E-state index in [1.54, 1.807) is 24.3 Å². The van der Waals surface area contributed by atoms with Gasteiger partial charge in [0.05, 0.1) is 19.1 Å². The lowest BCUT2D eigenvalue weighted by molar-refractivity contribution is -0.121. The average Bonchev–Trinajstić information content (AvgIpc) is 2.74. The van der Waals surface area contributed by atoms with Crippen LogP contribution in [0.5, 0.6) is 11.5 Å². The summed E-state index contributed by atoms with van der Waals surface area (Å²) in [6.07, 6.45) is 3.34. The van der Waals surface area contributed by atoms with Gasteiger partial charge in [-0.2, -0.15) is 0 Å². The number of hydrogen-bond donors (Lipinski definition) is 0. The van der Waals surface area contributed by atoms with Crippen molar-refractivity contribution in [2.24, 2.45) is 0 Å². The van der Waals surface area contributed by atoms with E-state index in [1.807, 2.05) is 0 Å². The van der Waals surface area contributed by atoms with Gasteiger partial charge in [-0.1, -0.05) is 41.7 Å². The molecule has 116 valence electrons. The molecule has 0 spiro atoms. The summed E-state index contributed by atoms with van der Waals surface area (Å²) in [5, 5.41) is 0.491. The van der Waals surface area contributed by atoms with Gasteiger partial charge in [0, 0.05) is 23.2 Å². The van der Waals surface area contributed by atoms with Crippen molar-refractivity contribution in [3.05, 3.63) is 40.3 Å². The zero-order valence-electron chi connectivity index (χ0n) is 12.1. The molecule has 0 bridgehead atoms. The standard InChI is InChI=1S/C15H14ClNO3S2/c1-4-5-17-14(18)12(22-15(17)21)7-9-6-10(16)8-11(19-2)13(9)20-3/h4,6-8H,1,5H2,2-3H3/b12-7+. The zero-order chi connectivity index (χ0) is 16.3. The number of thiocarbonyl (C=S) groups is 1. The maximum absolute atomic E-state index is 12.3. The molecule has 1 aromatic carbocycles. The molecule has 22 heavy (non-hydrogen) atoms. The highest BCUT2D eigenvalue weighted by Crippen LogP contribution is 2.39. The Kier molecular flexibility index (Phi) is 5.50. The molecule has 1 fully saturated rings. The van der Waals surface area contributed by atoms with E-state index in [4.69, 9.17) is 33.3 Å². The van der Waals surface area contributed by atoms with Gasteiger partial charge in [-0.3, -0.25) is 9.69 Å². The first kappa shape index (κ1) is 16.9. The number of nitrogens with zero attached hydrogens (tertiary/aromatic N) is 1. The first-order valence-corrected chi connectivity index (χ1v) is 7.89. The summed E-state index contributed by atoms with van der Waals surface area (Å²) < 4.78 is 11.1. The Balaban J connectivity index is 2.45. The van der Waals surface area contributed by atoms with Gasteiger partial charge >= 0.3 is 0 Å². The maximum atomic E-state index is 12.3. The molecular weight excluding hydrogens is 342 g/mol. The van der Waals surface area contributed by atoms with E-state index in [-0.39, 0.29) is 5.91 Å². The van der Waals surface area contributed by atoms with Crippen molar-refractivity contribution >= 4 is 51.9 Å². The summed E-state index contributed by atoms with van der Waals surface area (Å²) in [6, 6.07) is 3.36. The van der Waals surface area contributed by atoms with Crippen LogP contribution in [0.15, 0.2) is 29.7 Å². The minimum absolute atomic E-state index is 0.157. The number of halogens is 1. The molecule has 2 rings (SSSR count). The van der Waals surface area contributed by atoms with E-state index in [9.17, 15) is 4.79 Å². The quantitative estimate of drug-likeness (QED) is 0.457. The Hall–Kier alpha value is -1.50. The van der Waals surface area contributed by atoms with Gasteiger partial charge in [0.2, 0.25) is 0 Å². The van der Waals surface area contributed by atoms with Crippen molar-refractivity contribution in [2.45, 2.75) is 0 Å². The fraction of sp³-hybridized carbons (Fsp3) is 0.200. The van der Waals surface area contributed by atoms with Crippen molar-refractivity contribution in [3.63, 3.8) is 0 Å². The average molecular weight is 356 g/mol. The molecule has 0 atom stereocenters. The van der Waals surface area contributed by atoms with Crippen LogP contribution < -0.4 is 9.47 Å². The van der Waals surface area contributed by atoms with Gasteiger partial charge in [0.25, 0.3) is 5.91 Å². The molecule has 4 nitrogen and oxygen atoms in total. The van der Waals surface area contributed by atoms with Crippen molar-refractivity contribution in [1.82, 2.24) is 4.90 Å². The van der Waals surface area contributed by atoms with E-state index in [0.29, 0.717) is 37.9 Å². The van der Waals surface area contributed by atoms with Crippen molar-refractivity contribution in [3.8, 4) is 11.5 Å². The maximum Gasteiger partial charge on any atom is 0.266 e. The smallest absolute Gasteiger partial charge is 0.266 e. The van der Waals surface area contributed by atoms with Crippen LogP contribution in [0.4, 0.5) is 0 Å². The Morgan fingerprint density at radius 3 is 2.73 bits per heavy atom. The lowest BCUT2D eigenvalue weighted by Crippen LogP contribution is -2.27. The van der Waals surface area contributed by atoms with Gasteiger partial charge < -0.3 is 9.47 Å². The third-order valence-corrected chi connectivity index (χ3v) is 4.54. The first-order chi connectivity index (χ1) is 10.5. The van der Waals surface area contributed by atoms with Crippen LogP contribution in [0.25, 0.3) is 6.08 Å². The fourth-order valence-electron chi connectivity index (χ4n) is 1.99. The third kappa shape index (κ3) is 3.29. The van der Waals surface area contributed by atoms with E-state index < -0.39 is 0 Å². The van der Waals surface area contributed by atoms with Crippen molar-refractivity contribution in [1.29, 1.82) is 0 Å². The molecule has 1 aliphatic rings. The molecular formula is C15H14ClNO3S2. The van der Waals surface area contributed by atoms with Gasteiger partial charge in [0.1, 0.15) is 4.32 Å². The highest BCUT2D eigenvalue weighted by Gasteiger charge is 2.31. The number of rotatable bonds is 5. The Morgan fingerprint density at radius 1 is 1.41 bits per heavy atom. The van der Waals surface area contributed by atoms with Crippen LogP contribution in [0.3, 0.4) is 0 Å². The Labute approximate surface area is 143 Å². The molecule has 0 aliphatic carbocycles. The van der Waals surface area contributed by atoms with E-state index in [2.05, 4.69) is 6.58 Å². The van der Waals surface area contributed by atoms with Gasteiger partial charge in [0.15, 0.2) is 11.5 Å². The fourth-order valence-corrected chi connectivity index (χ4v) is 3.48. The second-order valence-electron chi connectivity index (χ2n) is 4.31. The predicted octanol–water partition coefficient (Wildman–Crippen LogP) is 3.74. The van der Waals surface area contributed by atoms with Crippen molar-refractivity contribution in [2.75, 3.05) is 20.8 Å². The SMILES string of the molecule is C=CCN1C(=O)/C(=C\c2cc(Cl)cc(OC)c2OC)SC1=S. The van der Waals surface area contributed by atoms with Crippen molar-refractivity contribution < 1.29 is 14.3 Å². The second kappa shape index (κ2) is 7.17. The molecule has 0 saturated carbocycles. The highest BCUT2D eigenvalue weighted by atomic mass is 35.5. The Bertz CT molecular complexity index is 673. The second-order valence-corrected chi connectivity index (χ2v) is 6.42. The zero-order valence-corrected chi connectivity index (χ0v) is 14.5. The topological polar surface area (TPSA) is 38.8 Å². The highest BCUT2D eigenvalue weighted by molar-refractivity contribution is 8.26. The molecule has 1 aromatic rings. The number of benzene rings is 1. The molecule has 0 unspecified atom stereocenters. The molecule has 1 aliphatic heterocycles. The summed E-state index contributed by atoms with van der Waals surface area (Å²) in [5.74, 6) is 0.861. The number of hydrogen-bond acceptors (Lipinski definition) is 5. The number of amides is 1. The minimum Gasteiger partial charge on any atom is -0.493 e. The summed E-state index contributed by atoms with van der Waals surface area (Å²) >= 11 is 12.5. The monoisotopic (exact) mass is 355 g/mol. The molecule has 7 heteroatoms. The lowest BCUT2D eigenvalue weighted by Gasteiger charge is -2.12. The summed E-state index contributed by atoms with van der Waals surface area (Å²) in [7, 11) is 3.06. The summed E-state index contributed by atoms with van der Waals surface area (Å²) in [4.78, 5) is 14.3. The van der Waals surface area contributed by atoms with E-state index >= 15 is 0 Å². The van der Waals surface area contributed by atoms with Gasteiger partial charge in [-0.15, -0.1) is 6.58 Å². The van der Waals surface area contributed by atoms with Crippen LogP contribution in [0.2, 0.25) is 5.02 Å². The number of carbonyl (C=O) groups excluding carboxylic acids is 1. The molecule has 1 saturated heterocycles. The number of thioether (sulfide) groups is 1.